The van der Waals surface area contributed by atoms with E-state index in [1.165, 1.54) is 16.5 Å². The molecule has 414 valence electrons. The lowest BCUT2D eigenvalue weighted by Gasteiger charge is -2.35. The summed E-state index contributed by atoms with van der Waals surface area (Å²) in [4.78, 5) is 93.8. The van der Waals surface area contributed by atoms with Gasteiger partial charge in [-0.15, -0.1) is 26.6 Å². The summed E-state index contributed by atoms with van der Waals surface area (Å²) in [6.07, 6.45) is -0.0377. The molecule has 0 saturated carbocycles. The summed E-state index contributed by atoms with van der Waals surface area (Å²) >= 11 is 7.89. The van der Waals surface area contributed by atoms with Crippen LogP contribution < -0.4 is 21.3 Å². The second-order valence-corrected chi connectivity index (χ2v) is 23.2. The van der Waals surface area contributed by atoms with Crippen LogP contribution in [0.1, 0.15) is 104 Å². The predicted molar refractivity (Wildman–Crippen MR) is 296 cm³/mol. The summed E-state index contributed by atoms with van der Waals surface area (Å²) in [7, 11) is 0. The largest absolute Gasteiger partial charge is 0.391 e. The number of carbonyl (C=O) groups is 6. The number of benzene rings is 3. The number of nitrogens with zero attached hydrogens (tertiary/aromatic N) is 8. The first-order valence-electron chi connectivity index (χ1n) is 26.4. The van der Waals surface area contributed by atoms with Crippen molar-refractivity contribution in [3.63, 3.8) is 0 Å². The maximum atomic E-state index is 14.6. The van der Waals surface area contributed by atoms with Gasteiger partial charge < -0.3 is 36.0 Å². The zero-order chi connectivity index (χ0) is 56.3. The van der Waals surface area contributed by atoms with Crippen molar-refractivity contribution in [2.75, 3.05) is 26.2 Å². The van der Waals surface area contributed by atoms with Crippen LogP contribution in [0.15, 0.2) is 90.1 Å². The number of halogens is 1. The van der Waals surface area contributed by atoms with Crippen LogP contribution in [0.3, 0.4) is 0 Å². The molecule has 0 aliphatic carbocycles. The van der Waals surface area contributed by atoms with Gasteiger partial charge in [0.2, 0.25) is 29.5 Å². The van der Waals surface area contributed by atoms with E-state index in [0.717, 1.165) is 43.3 Å². The molecule has 7 atom stereocenters. The summed E-state index contributed by atoms with van der Waals surface area (Å²) < 4.78 is 9.22. The van der Waals surface area contributed by atoms with Gasteiger partial charge in [-0.2, -0.15) is 0 Å². The van der Waals surface area contributed by atoms with E-state index in [1.807, 2.05) is 113 Å². The number of aromatic nitrogens is 6. The number of rotatable bonds is 8. The van der Waals surface area contributed by atoms with Gasteiger partial charge in [0.05, 0.1) is 43.7 Å². The summed E-state index contributed by atoms with van der Waals surface area (Å²) in [6, 6.07) is 19.3. The molecule has 9 rings (SSSR count). The number of aliphatic hydroxyl groups excluding tert-OH is 1. The Hall–Kier alpha value is -7.46. The third kappa shape index (κ3) is 12.7. The highest BCUT2D eigenvalue weighted by Gasteiger charge is 2.46. The molecule has 20 nitrogen and oxygen atoms in total. The Kier molecular flexibility index (Phi) is 17.0. The van der Waals surface area contributed by atoms with Crippen molar-refractivity contribution in [1.29, 1.82) is 0 Å². The average Bonchev–Trinajstić information content (AvgIpc) is 4.05. The zero-order valence-electron chi connectivity index (χ0n) is 45.2. The normalized spacial score (nSPS) is 22.7. The quantitative estimate of drug-likeness (QED) is 0.131. The Morgan fingerprint density at radius 3 is 2.29 bits per heavy atom. The van der Waals surface area contributed by atoms with E-state index in [0.29, 0.717) is 28.1 Å². The lowest BCUT2D eigenvalue weighted by atomic mass is 9.85. The Morgan fingerprint density at radius 1 is 0.873 bits per heavy atom. The highest BCUT2D eigenvalue weighted by molar-refractivity contribution is 7.15. The van der Waals surface area contributed by atoms with Crippen molar-refractivity contribution < 1.29 is 38.6 Å². The van der Waals surface area contributed by atoms with Gasteiger partial charge in [0.25, 0.3) is 0 Å². The molecule has 1 saturated heterocycles. The molecule has 22 heteroatoms. The summed E-state index contributed by atoms with van der Waals surface area (Å²) in [6.45, 7) is 12.5. The minimum absolute atomic E-state index is 0.000894. The molecule has 0 spiro atoms. The van der Waals surface area contributed by atoms with Crippen LogP contribution >= 0.6 is 22.9 Å². The second-order valence-electron chi connectivity index (χ2n) is 21.6. The first-order chi connectivity index (χ1) is 37.7. The standard InChI is InChI=1S/C57H65ClN12O8S/c1-31-23-46(72)42(24-35-13-15-37(16-14-35)36-11-9-8-10-12-36)62-54(76)45-25-41(71)29-68(45)55(77)50(57(5,6)7)69-28-40(65-67-69)30-78-22-21-59-53(75)44(63-52(31)74)27-60-47(73)26-43-51-66-64-34(4)70(51)56-48(32(2)33(3)79-56)49(61-43)38-17-19-39(58)20-18-38/h8-20,28,31,41-45,50,71H,21-27,29-30H2,1-7H3,(H,59,75)(H,60,73)(H,62,76)(H,63,74)/t31-,41+,42+,43-,44+,45-,50+/m0/s1. The van der Waals surface area contributed by atoms with Gasteiger partial charge in [-0.25, -0.2) is 4.68 Å². The van der Waals surface area contributed by atoms with Crippen molar-refractivity contribution >= 4 is 64.0 Å². The van der Waals surface area contributed by atoms with Crippen LogP contribution in [0.4, 0.5) is 0 Å². The predicted octanol–water partition coefficient (Wildman–Crippen LogP) is 5.27. The summed E-state index contributed by atoms with van der Waals surface area (Å²) in [5.41, 5.74) is 5.67. The van der Waals surface area contributed by atoms with Crippen LogP contribution in [-0.4, -0.2) is 131 Å². The van der Waals surface area contributed by atoms with Gasteiger partial charge in [-0.1, -0.05) is 111 Å². The zero-order valence-corrected chi connectivity index (χ0v) is 46.7. The molecule has 6 heterocycles. The monoisotopic (exact) mass is 1110 g/mol. The highest BCUT2D eigenvalue weighted by Crippen LogP contribution is 2.40. The average molecular weight is 1110 g/mol. The van der Waals surface area contributed by atoms with E-state index in [1.54, 1.807) is 29.7 Å². The second kappa shape index (κ2) is 23.9. The van der Waals surface area contributed by atoms with Crippen molar-refractivity contribution in [2.24, 2.45) is 16.3 Å². The lowest BCUT2D eigenvalue weighted by molar-refractivity contribution is -0.144. The molecule has 79 heavy (non-hydrogen) atoms. The number of aliphatic hydroxyl groups is 1. The molecular weight excluding hydrogens is 1050 g/mol. The molecule has 3 aromatic heterocycles. The molecule has 3 aliphatic rings. The van der Waals surface area contributed by atoms with Crippen LogP contribution in [0.25, 0.3) is 16.1 Å². The summed E-state index contributed by atoms with van der Waals surface area (Å²) in [5, 5.41) is 41.2. The number of ether oxygens (including phenoxy) is 1. The van der Waals surface area contributed by atoms with Gasteiger partial charge in [0.1, 0.15) is 40.7 Å². The van der Waals surface area contributed by atoms with Crippen molar-refractivity contribution in [1.82, 2.24) is 55.9 Å². The number of ketones is 1. The SMILES string of the molecule is Cc1sc2c(c1C)C(c1ccc(Cl)cc1)=N[C@@H](CC(=O)NC[C@H]1NC(=O)[C@@H](C)CC(=O)[C@@H](Cc3ccc(-c4ccccc4)cc3)NC(=O)[C@@H]3C[C@@H](O)CN3C(=O)[C@H](C(C)(C)C)n3cc(nn3)COCCNC1=O)c1nnc(C)n1-2. The number of nitrogens with one attached hydrogen (secondary N) is 4. The third-order valence-corrected chi connectivity index (χ3v) is 16.0. The Labute approximate surface area is 466 Å². The van der Waals surface area contributed by atoms with E-state index in [-0.39, 0.29) is 58.5 Å². The highest BCUT2D eigenvalue weighted by atomic mass is 35.5. The van der Waals surface area contributed by atoms with E-state index in [9.17, 15) is 33.9 Å². The van der Waals surface area contributed by atoms with Gasteiger partial charge >= 0.3 is 0 Å². The van der Waals surface area contributed by atoms with E-state index in [2.05, 4.69) is 41.8 Å². The number of thiophene rings is 1. The number of amides is 5. The smallest absolute Gasteiger partial charge is 0.248 e. The van der Waals surface area contributed by atoms with Gasteiger partial charge in [0.15, 0.2) is 11.6 Å². The molecule has 1 fully saturated rings. The van der Waals surface area contributed by atoms with Crippen LogP contribution in [0, 0.1) is 32.1 Å². The molecule has 3 aliphatic heterocycles. The number of fused-ring (bicyclic) bond motifs is 6. The topological polar surface area (TPSA) is 257 Å². The van der Waals surface area contributed by atoms with Gasteiger partial charge in [-0.05, 0) is 67.0 Å². The molecule has 5 N–H and O–H groups in total. The maximum absolute atomic E-state index is 14.6. The minimum Gasteiger partial charge on any atom is -0.391 e. The molecule has 2 bridgehead atoms. The number of aliphatic imine (C=N–C) groups is 1. The fraction of sp³-hybridized carbons (Fsp3) is 0.421. The van der Waals surface area contributed by atoms with Crippen LogP contribution in [-0.2, 0) is 46.5 Å². The van der Waals surface area contributed by atoms with Gasteiger partial charge in [0, 0.05) is 59.4 Å². The van der Waals surface area contributed by atoms with Crippen LogP contribution in [0.5, 0.6) is 0 Å². The lowest BCUT2D eigenvalue weighted by Crippen LogP contribution is -2.55. The number of hydrogen-bond acceptors (Lipinski definition) is 14. The molecule has 0 radical (unpaired) electrons. The number of carbonyl (C=O) groups excluding carboxylic acids is 6. The van der Waals surface area contributed by atoms with Crippen LogP contribution in [0.2, 0.25) is 5.02 Å². The Bertz CT molecular complexity index is 3280. The fourth-order valence-corrected chi connectivity index (χ4v) is 11.6. The van der Waals surface area contributed by atoms with Crippen molar-refractivity contribution in [2.45, 2.75) is 117 Å². The van der Waals surface area contributed by atoms with E-state index >= 15 is 0 Å². The van der Waals surface area contributed by atoms with E-state index in [4.69, 9.17) is 21.3 Å². The third-order valence-electron chi connectivity index (χ3n) is 14.6. The Morgan fingerprint density at radius 2 is 1.57 bits per heavy atom. The fourth-order valence-electron chi connectivity index (χ4n) is 10.3. The van der Waals surface area contributed by atoms with Crippen molar-refractivity contribution in [3.05, 3.63) is 135 Å². The maximum Gasteiger partial charge on any atom is 0.248 e. The van der Waals surface area contributed by atoms with E-state index < -0.39 is 83.0 Å². The van der Waals surface area contributed by atoms with Crippen molar-refractivity contribution in [3.8, 4) is 16.1 Å². The Balaban J connectivity index is 0.978. The summed E-state index contributed by atoms with van der Waals surface area (Å²) in [5.74, 6) is -3.35. The number of aryl methyl sites for hydroxylation is 2. The minimum atomic E-state index is -1.32. The number of Topliss-reactive ketones (excluding diaryl/α,β-unsaturated/α-hetero) is 1. The first kappa shape index (κ1) is 56.3. The first-order valence-corrected chi connectivity index (χ1v) is 27.6. The molecule has 3 aromatic carbocycles. The van der Waals surface area contributed by atoms with Gasteiger partial charge in [-0.3, -0.25) is 38.3 Å². The molecular formula is C57H65ClN12O8S. The molecule has 6 aromatic rings. The molecule has 5 amide bonds. The molecule has 0 unspecified atom stereocenters. The number of hydrogen-bond donors (Lipinski definition) is 5.